The monoisotopic (exact) mass is 293 g/mol. The molecule has 1 atom stereocenters. The van der Waals surface area contributed by atoms with Crippen molar-refractivity contribution in [1.82, 2.24) is 0 Å². The first-order valence-corrected chi connectivity index (χ1v) is 5.62. The van der Waals surface area contributed by atoms with Gasteiger partial charge in [-0.3, -0.25) is 4.79 Å². The first-order valence-electron chi connectivity index (χ1n) is 5.62. The number of aromatic hydroxyl groups is 1. The van der Waals surface area contributed by atoms with Gasteiger partial charge in [0.15, 0.2) is 11.5 Å². The van der Waals surface area contributed by atoms with Gasteiger partial charge in [-0.05, 0) is 24.1 Å². The summed E-state index contributed by atoms with van der Waals surface area (Å²) in [6.45, 7) is 0. The lowest BCUT2D eigenvalue weighted by Crippen LogP contribution is -2.14. The molecule has 4 N–H and O–H groups in total. The molecular weight excluding hydrogens is 279 g/mol. The van der Waals surface area contributed by atoms with Crippen LogP contribution in [0.3, 0.4) is 0 Å². The number of phenols is 1. The van der Waals surface area contributed by atoms with Crippen LogP contribution in [0, 0.1) is 0 Å². The summed E-state index contributed by atoms with van der Waals surface area (Å²) >= 11 is 0. The highest BCUT2D eigenvalue weighted by Crippen LogP contribution is 2.42. The minimum Gasteiger partial charge on any atom is -0.504 e. The smallest absolute Gasteiger partial charge is 0.420 e. The van der Waals surface area contributed by atoms with Gasteiger partial charge >= 0.3 is 12.1 Å². The summed E-state index contributed by atoms with van der Waals surface area (Å²) in [7, 11) is 1.11. The second kappa shape index (κ2) is 6.00. The summed E-state index contributed by atoms with van der Waals surface area (Å²) in [5.74, 6) is -2.47. The van der Waals surface area contributed by atoms with Gasteiger partial charge in [-0.15, -0.1) is 0 Å². The number of rotatable bonds is 5. The quantitative estimate of drug-likeness (QED) is 0.774. The van der Waals surface area contributed by atoms with Crippen molar-refractivity contribution in [2.24, 2.45) is 5.73 Å². The van der Waals surface area contributed by atoms with Gasteiger partial charge in [-0.1, -0.05) is 0 Å². The molecule has 0 aromatic heterocycles. The van der Waals surface area contributed by atoms with Crippen molar-refractivity contribution >= 4 is 5.97 Å². The van der Waals surface area contributed by atoms with E-state index in [0.29, 0.717) is 6.07 Å². The fourth-order valence-corrected chi connectivity index (χ4v) is 1.66. The molecule has 5 nitrogen and oxygen atoms in total. The summed E-state index contributed by atoms with van der Waals surface area (Å²) < 4.78 is 43.0. The van der Waals surface area contributed by atoms with E-state index in [1.54, 1.807) is 0 Å². The van der Waals surface area contributed by atoms with Gasteiger partial charge in [0.05, 0.1) is 7.11 Å². The molecule has 0 fully saturated rings. The van der Waals surface area contributed by atoms with E-state index in [0.717, 1.165) is 13.2 Å². The highest BCUT2D eigenvalue weighted by Gasteiger charge is 2.36. The summed E-state index contributed by atoms with van der Waals surface area (Å²) in [5, 5.41) is 18.0. The maximum absolute atomic E-state index is 12.8. The van der Waals surface area contributed by atoms with Gasteiger partial charge in [0, 0.05) is 12.5 Å². The predicted octanol–water partition coefficient (Wildman–Crippen LogP) is 2.28. The number of carbonyl (C=O) groups is 1. The van der Waals surface area contributed by atoms with E-state index >= 15 is 0 Å². The Morgan fingerprint density at radius 3 is 2.50 bits per heavy atom. The number of halogens is 3. The van der Waals surface area contributed by atoms with E-state index < -0.39 is 29.5 Å². The molecule has 20 heavy (non-hydrogen) atoms. The zero-order valence-corrected chi connectivity index (χ0v) is 10.6. The van der Waals surface area contributed by atoms with Crippen molar-refractivity contribution < 1.29 is 32.9 Å². The summed E-state index contributed by atoms with van der Waals surface area (Å²) in [6.07, 6.45) is -5.06. The average molecular weight is 293 g/mol. The van der Waals surface area contributed by atoms with Crippen LogP contribution in [-0.2, 0) is 11.0 Å². The molecule has 1 aromatic carbocycles. The number of methoxy groups -OCH3 is 1. The Morgan fingerprint density at radius 2 is 2.05 bits per heavy atom. The zero-order chi connectivity index (χ0) is 15.5. The minimum absolute atomic E-state index is 0.0272. The van der Waals surface area contributed by atoms with E-state index in [1.807, 2.05) is 0 Å². The van der Waals surface area contributed by atoms with Crippen LogP contribution in [0.4, 0.5) is 13.2 Å². The van der Waals surface area contributed by atoms with Crippen LogP contribution >= 0.6 is 0 Å². The van der Waals surface area contributed by atoms with Gasteiger partial charge in [-0.25, -0.2) is 0 Å². The fourth-order valence-electron chi connectivity index (χ4n) is 1.66. The Balaban J connectivity index is 3.18. The van der Waals surface area contributed by atoms with Gasteiger partial charge in [0.2, 0.25) is 0 Å². The normalized spacial score (nSPS) is 13.1. The highest BCUT2D eigenvalue weighted by molar-refractivity contribution is 5.66. The summed E-state index contributed by atoms with van der Waals surface area (Å²) in [6, 6.07) is 0.961. The molecule has 0 radical (unpaired) electrons. The van der Waals surface area contributed by atoms with Crippen LogP contribution < -0.4 is 10.5 Å². The standard InChI is InChI=1S/C12H14F3NO4/c1-20-9-5-6(8(16)2-3-10(17)18)4-7(11(9)19)12(13,14)15/h4-5,8,19H,2-3,16H2,1H3,(H,17,18). The summed E-state index contributed by atoms with van der Waals surface area (Å²) in [4.78, 5) is 10.4. The number of benzene rings is 1. The molecule has 0 bridgehead atoms. The Bertz CT molecular complexity index is 502. The maximum Gasteiger partial charge on any atom is 0.420 e. The molecule has 1 unspecified atom stereocenters. The number of carboxylic acid groups (broad SMARTS) is 1. The molecule has 0 spiro atoms. The number of nitrogens with two attached hydrogens (primary N) is 1. The molecule has 0 saturated heterocycles. The molecular formula is C12H14F3NO4. The Hall–Kier alpha value is -1.96. The topological polar surface area (TPSA) is 92.8 Å². The van der Waals surface area contributed by atoms with E-state index in [2.05, 4.69) is 4.74 Å². The van der Waals surface area contributed by atoms with Crippen molar-refractivity contribution in [2.75, 3.05) is 7.11 Å². The molecule has 1 aromatic rings. The van der Waals surface area contributed by atoms with Gasteiger partial charge < -0.3 is 20.7 Å². The van der Waals surface area contributed by atoms with Crippen molar-refractivity contribution in [2.45, 2.75) is 25.1 Å². The highest BCUT2D eigenvalue weighted by atomic mass is 19.4. The second-order valence-corrected chi connectivity index (χ2v) is 4.16. The third-order valence-corrected chi connectivity index (χ3v) is 2.72. The first-order chi connectivity index (χ1) is 9.16. The van der Waals surface area contributed by atoms with Crippen LogP contribution in [0.15, 0.2) is 12.1 Å². The maximum atomic E-state index is 12.8. The zero-order valence-electron chi connectivity index (χ0n) is 10.6. The Morgan fingerprint density at radius 1 is 1.45 bits per heavy atom. The van der Waals surface area contributed by atoms with Crippen molar-refractivity contribution in [3.8, 4) is 11.5 Å². The largest absolute Gasteiger partial charge is 0.504 e. The number of carboxylic acids is 1. The molecule has 0 amide bonds. The SMILES string of the molecule is COc1cc(C(N)CCC(=O)O)cc(C(F)(F)F)c1O. The van der Waals surface area contributed by atoms with Crippen LogP contribution in [-0.4, -0.2) is 23.3 Å². The number of aliphatic carboxylic acids is 1. The van der Waals surface area contributed by atoms with Crippen LogP contribution in [0.25, 0.3) is 0 Å². The molecule has 0 heterocycles. The number of hydrogen-bond acceptors (Lipinski definition) is 4. The van der Waals surface area contributed by atoms with Crippen molar-refractivity contribution in [1.29, 1.82) is 0 Å². The molecule has 1 rings (SSSR count). The number of ether oxygens (including phenoxy) is 1. The number of alkyl halides is 3. The van der Waals surface area contributed by atoms with Crippen LogP contribution in [0.2, 0.25) is 0 Å². The van der Waals surface area contributed by atoms with Gasteiger partial charge in [0.25, 0.3) is 0 Å². The molecule has 0 aliphatic carbocycles. The van der Waals surface area contributed by atoms with Crippen LogP contribution in [0.5, 0.6) is 11.5 Å². The molecule has 0 aliphatic heterocycles. The lowest BCUT2D eigenvalue weighted by molar-refractivity contribution is -0.139. The summed E-state index contributed by atoms with van der Waals surface area (Å²) in [5.41, 5.74) is 4.44. The fraction of sp³-hybridized carbons (Fsp3) is 0.417. The van der Waals surface area contributed by atoms with Crippen LogP contribution in [0.1, 0.15) is 30.0 Å². The van der Waals surface area contributed by atoms with Gasteiger partial charge in [-0.2, -0.15) is 13.2 Å². The van der Waals surface area contributed by atoms with Crippen molar-refractivity contribution in [3.63, 3.8) is 0 Å². The Labute approximate surface area is 112 Å². The van der Waals surface area contributed by atoms with E-state index in [9.17, 15) is 23.1 Å². The third kappa shape index (κ3) is 3.77. The van der Waals surface area contributed by atoms with E-state index in [4.69, 9.17) is 10.8 Å². The number of phenolic OH excluding ortho intramolecular Hbond substituents is 1. The molecule has 112 valence electrons. The lowest BCUT2D eigenvalue weighted by atomic mass is 9.99. The van der Waals surface area contributed by atoms with Gasteiger partial charge in [0.1, 0.15) is 5.56 Å². The molecule has 0 aliphatic rings. The number of hydrogen-bond donors (Lipinski definition) is 3. The average Bonchev–Trinajstić information content (AvgIpc) is 2.34. The second-order valence-electron chi connectivity index (χ2n) is 4.16. The predicted molar refractivity (Wildman–Crippen MR) is 63.5 cm³/mol. The molecule has 0 saturated carbocycles. The van der Waals surface area contributed by atoms with E-state index in [1.165, 1.54) is 0 Å². The third-order valence-electron chi connectivity index (χ3n) is 2.72. The lowest BCUT2D eigenvalue weighted by Gasteiger charge is -2.17. The first kappa shape index (κ1) is 16.1. The molecule has 8 heteroatoms. The van der Waals surface area contributed by atoms with E-state index in [-0.39, 0.29) is 24.2 Å². The van der Waals surface area contributed by atoms with Crippen molar-refractivity contribution in [3.05, 3.63) is 23.3 Å². The minimum atomic E-state index is -4.76. The Kier molecular flexibility index (Phi) is 4.83.